The summed E-state index contributed by atoms with van der Waals surface area (Å²) in [6.45, 7) is 0. The molecule has 2 saturated heterocycles. The van der Waals surface area contributed by atoms with Gasteiger partial charge in [0.15, 0.2) is 6.10 Å². The highest BCUT2D eigenvalue weighted by atomic mass is 35.5. The standard InChI is InChI=1S/C24H18Cl2N2O5/c1-32-18-10-6-5-9-17(18)27-23(30)19-20(15-11-13(25)12-16(26)21(15)29)28(33-22(19)24(27)31)14-7-3-2-4-8-14/h2-12,19-20,22,29H,1H3/t19-,20-,22+/m0/s1. The van der Waals surface area contributed by atoms with Gasteiger partial charge < -0.3 is 9.84 Å². The van der Waals surface area contributed by atoms with E-state index in [1.807, 2.05) is 6.07 Å². The monoisotopic (exact) mass is 484 g/mol. The van der Waals surface area contributed by atoms with E-state index in [-0.39, 0.29) is 21.4 Å². The van der Waals surface area contributed by atoms with Crippen LogP contribution in [0.3, 0.4) is 0 Å². The largest absolute Gasteiger partial charge is 0.506 e. The minimum absolute atomic E-state index is 0.0346. The van der Waals surface area contributed by atoms with Gasteiger partial charge in [-0.25, -0.2) is 9.96 Å². The van der Waals surface area contributed by atoms with Gasteiger partial charge in [0.1, 0.15) is 17.4 Å². The van der Waals surface area contributed by atoms with Crippen LogP contribution in [0.4, 0.5) is 11.4 Å². The molecule has 2 aliphatic heterocycles. The minimum Gasteiger partial charge on any atom is -0.506 e. The highest BCUT2D eigenvalue weighted by Gasteiger charge is 2.61. The van der Waals surface area contributed by atoms with Gasteiger partial charge in [-0.15, -0.1) is 0 Å². The number of hydroxylamine groups is 1. The maximum Gasteiger partial charge on any atom is 0.266 e. The van der Waals surface area contributed by atoms with Crippen molar-refractivity contribution < 1.29 is 24.3 Å². The van der Waals surface area contributed by atoms with Gasteiger partial charge in [-0.2, -0.15) is 0 Å². The number of amides is 2. The van der Waals surface area contributed by atoms with Crippen molar-refractivity contribution in [2.24, 2.45) is 5.92 Å². The Bertz CT molecular complexity index is 1250. The summed E-state index contributed by atoms with van der Waals surface area (Å²) in [6, 6.07) is 17.8. The number of para-hydroxylation sites is 3. The second-order valence-electron chi connectivity index (χ2n) is 7.67. The first-order valence-electron chi connectivity index (χ1n) is 10.1. The summed E-state index contributed by atoms with van der Waals surface area (Å²) in [5.74, 6) is -1.81. The molecule has 0 saturated carbocycles. The molecule has 0 unspecified atom stereocenters. The van der Waals surface area contributed by atoms with Gasteiger partial charge in [0.05, 0.1) is 29.5 Å². The number of hydrogen-bond donors (Lipinski definition) is 1. The Kier molecular flexibility index (Phi) is 5.40. The van der Waals surface area contributed by atoms with Crippen LogP contribution in [-0.2, 0) is 14.4 Å². The molecule has 2 amide bonds. The molecule has 3 aromatic rings. The number of benzene rings is 3. The van der Waals surface area contributed by atoms with Crippen LogP contribution in [0, 0.1) is 5.92 Å². The number of phenols is 1. The summed E-state index contributed by atoms with van der Waals surface area (Å²) in [4.78, 5) is 34.3. The van der Waals surface area contributed by atoms with Gasteiger partial charge in [0.2, 0.25) is 5.91 Å². The Morgan fingerprint density at radius 1 is 0.970 bits per heavy atom. The number of carbonyl (C=O) groups excluding carboxylic acids is 2. The third-order valence-electron chi connectivity index (χ3n) is 5.83. The van der Waals surface area contributed by atoms with E-state index in [1.54, 1.807) is 48.5 Å². The number of halogens is 2. The normalized spacial score (nSPS) is 22.1. The van der Waals surface area contributed by atoms with Gasteiger partial charge in [-0.1, -0.05) is 53.5 Å². The fraction of sp³-hybridized carbons (Fsp3) is 0.167. The molecule has 0 bridgehead atoms. The van der Waals surface area contributed by atoms with E-state index < -0.39 is 29.9 Å². The van der Waals surface area contributed by atoms with Crippen molar-refractivity contribution >= 4 is 46.4 Å². The van der Waals surface area contributed by atoms with Crippen molar-refractivity contribution in [1.82, 2.24) is 0 Å². The van der Waals surface area contributed by atoms with Gasteiger partial charge in [-0.3, -0.25) is 14.4 Å². The number of phenolic OH excluding ortho intramolecular Hbond substituents is 1. The van der Waals surface area contributed by atoms with E-state index in [4.69, 9.17) is 32.8 Å². The predicted molar refractivity (Wildman–Crippen MR) is 124 cm³/mol. The topological polar surface area (TPSA) is 79.3 Å². The zero-order valence-corrected chi connectivity index (χ0v) is 18.8. The molecule has 9 heteroatoms. The number of hydrogen-bond acceptors (Lipinski definition) is 6. The van der Waals surface area contributed by atoms with E-state index in [0.29, 0.717) is 17.1 Å². The zero-order chi connectivity index (χ0) is 23.3. The second-order valence-corrected chi connectivity index (χ2v) is 8.51. The molecule has 2 fully saturated rings. The van der Waals surface area contributed by atoms with E-state index in [1.165, 1.54) is 24.3 Å². The van der Waals surface area contributed by atoms with Crippen LogP contribution in [0.2, 0.25) is 10.0 Å². The van der Waals surface area contributed by atoms with Crippen molar-refractivity contribution in [3.63, 3.8) is 0 Å². The number of aromatic hydroxyl groups is 1. The molecule has 1 N–H and O–H groups in total. The van der Waals surface area contributed by atoms with Gasteiger partial charge >= 0.3 is 0 Å². The second kappa shape index (κ2) is 8.26. The number of carbonyl (C=O) groups is 2. The quantitative estimate of drug-likeness (QED) is 0.537. The lowest BCUT2D eigenvalue weighted by Crippen LogP contribution is -2.37. The first-order chi connectivity index (χ1) is 15.9. The van der Waals surface area contributed by atoms with Gasteiger partial charge in [0.25, 0.3) is 5.91 Å². The summed E-state index contributed by atoms with van der Waals surface area (Å²) in [6.07, 6.45) is -1.11. The molecule has 168 valence electrons. The summed E-state index contributed by atoms with van der Waals surface area (Å²) < 4.78 is 5.36. The minimum atomic E-state index is -1.11. The maximum absolute atomic E-state index is 13.7. The highest BCUT2D eigenvalue weighted by Crippen LogP contribution is 2.51. The predicted octanol–water partition coefficient (Wildman–Crippen LogP) is 4.76. The first-order valence-corrected chi connectivity index (χ1v) is 10.9. The van der Waals surface area contributed by atoms with Crippen LogP contribution < -0.4 is 14.7 Å². The molecule has 7 nitrogen and oxygen atoms in total. The van der Waals surface area contributed by atoms with Crippen molar-refractivity contribution in [3.8, 4) is 11.5 Å². The van der Waals surface area contributed by atoms with Crippen LogP contribution in [0.5, 0.6) is 11.5 Å². The summed E-state index contributed by atoms with van der Waals surface area (Å²) in [5.41, 5.74) is 1.22. The van der Waals surface area contributed by atoms with Crippen molar-refractivity contribution in [2.45, 2.75) is 12.1 Å². The van der Waals surface area contributed by atoms with E-state index in [0.717, 1.165) is 4.90 Å². The van der Waals surface area contributed by atoms with E-state index >= 15 is 0 Å². The maximum atomic E-state index is 13.7. The molecule has 3 atom stereocenters. The van der Waals surface area contributed by atoms with E-state index in [9.17, 15) is 14.7 Å². The summed E-state index contributed by atoms with van der Waals surface area (Å²) >= 11 is 12.4. The Balaban J connectivity index is 1.65. The lowest BCUT2D eigenvalue weighted by molar-refractivity contribution is -0.126. The molecule has 2 heterocycles. The molecular formula is C24H18Cl2N2O5. The lowest BCUT2D eigenvalue weighted by atomic mass is 9.90. The Morgan fingerprint density at radius 2 is 1.67 bits per heavy atom. The van der Waals surface area contributed by atoms with Crippen LogP contribution in [0.25, 0.3) is 0 Å². The molecule has 0 aliphatic carbocycles. The number of methoxy groups -OCH3 is 1. The smallest absolute Gasteiger partial charge is 0.266 e. The number of anilines is 2. The highest BCUT2D eigenvalue weighted by molar-refractivity contribution is 6.35. The Morgan fingerprint density at radius 3 is 2.39 bits per heavy atom. The SMILES string of the molecule is COc1ccccc1N1C(=O)[C@@H]2[C@@H](ON(c3ccccc3)[C@H]2c2cc(Cl)cc(Cl)c2O)C1=O. The van der Waals surface area contributed by atoms with Gasteiger partial charge in [-0.05, 0) is 36.4 Å². The molecule has 0 radical (unpaired) electrons. The third kappa shape index (κ3) is 3.40. The fourth-order valence-electron chi connectivity index (χ4n) is 4.39. The van der Waals surface area contributed by atoms with Crippen LogP contribution in [0.1, 0.15) is 11.6 Å². The van der Waals surface area contributed by atoms with Crippen LogP contribution in [0.15, 0.2) is 66.7 Å². The van der Waals surface area contributed by atoms with Crippen LogP contribution in [-0.4, -0.2) is 30.1 Å². The van der Waals surface area contributed by atoms with E-state index in [2.05, 4.69) is 0 Å². The third-order valence-corrected chi connectivity index (χ3v) is 6.33. The first kappa shape index (κ1) is 21.6. The molecule has 0 spiro atoms. The molecule has 0 aromatic heterocycles. The van der Waals surface area contributed by atoms with Crippen molar-refractivity contribution in [3.05, 3.63) is 82.3 Å². The molecular weight excluding hydrogens is 467 g/mol. The van der Waals surface area contributed by atoms with Crippen LogP contribution >= 0.6 is 23.2 Å². The number of imide groups is 1. The van der Waals surface area contributed by atoms with Crippen molar-refractivity contribution in [2.75, 3.05) is 17.1 Å². The molecule has 2 aliphatic rings. The molecule has 3 aromatic carbocycles. The molecule has 5 rings (SSSR count). The number of fused-ring (bicyclic) bond motifs is 1. The number of nitrogens with zero attached hydrogens (tertiary/aromatic N) is 2. The summed E-state index contributed by atoms with van der Waals surface area (Å²) in [7, 11) is 1.47. The van der Waals surface area contributed by atoms with Gasteiger partial charge in [0, 0.05) is 10.6 Å². The zero-order valence-electron chi connectivity index (χ0n) is 17.3. The number of ether oxygens (including phenoxy) is 1. The summed E-state index contributed by atoms with van der Waals surface area (Å²) in [5, 5.41) is 12.6. The number of rotatable bonds is 4. The average molecular weight is 485 g/mol. The molecule has 33 heavy (non-hydrogen) atoms. The average Bonchev–Trinajstić information content (AvgIpc) is 3.32. The Labute approximate surface area is 199 Å². The Hall–Kier alpha value is -3.26. The lowest BCUT2D eigenvalue weighted by Gasteiger charge is -2.29. The van der Waals surface area contributed by atoms with Crippen molar-refractivity contribution in [1.29, 1.82) is 0 Å². The fourth-order valence-corrected chi connectivity index (χ4v) is 4.90.